The van der Waals surface area contributed by atoms with E-state index in [4.69, 9.17) is 6.58 Å². The molecule has 1 aliphatic rings. The van der Waals surface area contributed by atoms with Crippen LogP contribution < -0.4 is 0 Å². The third-order valence-electron chi connectivity index (χ3n) is 1.22. The first-order chi connectivity index (χ1) is 4.84. The molecule has 10 heavy (non-hydrogen) atoms. The second kappa shape index (κ2) is 3.50. The van der Waals surface area contributed by atoms with Crippen molar-refractivity contribution in [2.24, 2.45) is 0 Å². The van der Waals surface area contributed by atoms with Crippen LogP contribution in [0.4, 0.5) is 0 Å². The standard InChI is InChI=1S/C9H10S/c1-3-10-9-7-5-4-6-8(9)2/h2,4-7H,3H2,1H3. The highest BCUT2D eigenvalue weighted by molar-refractivity contribution is 8.03. The lowest BCUT2D eigenvalue weighted by Crippen LogP contribution is -1.86. The number of hydrogen-bond donors (Lipinski definition) is 0. The van der Waals surface area contributed by atoms with Gasteiger partial charge in [0.25, 0.3) is 0 Å². The number of hydrogen-bond acceptors (Lipinski definition) is 1. The largest absolute Gasteiger partial charge is 0.193 e. The molecule has 0 saturated heterocycles. The highest BCUT2D eigenvalue weighted by Gasteiger charge is 1.95. The smallest absolute Gasteiger partial charge is 0.0169 e. The number of rotatable bonds is 2. The van der Waals surface area contributed by atoms with E-state index in [1.54, 1.807) is 11.8 Å². The van der Waals surface area contributed by atoms with Gasteiger partial charge in [0.2, 0.25) is 0 Å². The Morgan fingerprint density at radius 3 is 3.10 bits per heavy atom. The molecule has 0 N–H and O–H groups in total. The van der Waals surface area contributed by atoms with Crippen LogP contribution >= 0.6 is 11.8 Å². The molecule has 0 amide bonds. The minimum Gasteiger partial charge on any atom is -0.193 e. The molecule has 1 heteroatoms. The Hall–Kier alpha value is -0.650. The van der Waals surface area contributed by atoms with E-state index in [-0.39, 0.29) is 0 Å². The van der Waals surface area contributed by atoms with Crippen LogP contribution in [0.25, 0.3) is 0 Å². The van der Waals surface area contributed by atoms with Crippen molar-refractivity contribution in [3.8, 4) is 0 Å². The lowest BCUT2D eigenvalue weighted by Gasteiger charge is -2.14. The van der Waals surface area contributed by atoms with Gasteiger partial charge in [-0.15, -0.1) is 6.08 Å². The first-order valence-electron chi connectivity index (χ1n) is 3.32. The Labute approximate surface area is 66.7 Å². The minimum atomic E-state index is 0.884. The van der Waals surface area contributed by atoms with Crippen LogP contribution in [-0.2, 0) is 0 Å². The van der Waals surface area contributed by atoms with Crippen molar-refractivity contribution in [3.05, 3.63) is 41.7 Å². The maximum atomic E-state index is 5.69. The molecule has 1 rings (SSSR count). The molecular formula is C9H10S. The first-order valence-corrected chi connectivity index (χ1v) is 4.30. The monoisotopic (exact) mass is 150 g/mol. The van der Waals surface area contributed by atoms with Gasteiger partial charge >= 0.3 is 0 Å². The van der Waals surface area contributed by atoms with Gasteiger partial charge in [-0.1, -0.05) is 18.4 Å². The van der Waals surface area contributed by atoms with Crippen LogP contribution in [0, 0.1) is 13.0 Å². The molecule has 0 spiro atoms. The molecule has 0 nitrogen and oxygen atoms in total. The molecule has 0 aromatic heterocycles. The summed E-state index contributed by atoms with van der Waals surface area (Å²) >= 11 is 1.78. The van der Waals surface area contributed by atoms with Crippen molar-refractivity contribution in [2.45, 2.75) is 6.92 Å². The van der Waals surface area contributed by atoms with Crippen LogP contribution in [0.1, 0.15) is 6.92 Å². The molecule has 0 unspecified atom stereocenters. The Bertz CT molecular complexity index is 187. The molecule has 1 aliphatic carbocycles. The Balaban J connectivity index is 2.57. The summed E-state index contributed by atoms with van der Waals surface area (Å²) < 4.78 is 0. The third-order valence-corrected chi connectivity index (χ3v) is 2.19. The van der Waals surface area contributed by atoms with Gasteiger partial charge < -0.3 is 0 Å². The Morgan fingerprint density at radius 1 is 1.70 bits per heavy atom. The van der Waals surface area contributed by atoms with Crippen molar-refractivity contribution >= 4 is 11.8 Å². The summed E-state index contributed by atoms with van der Waals surface area (Å²) in [6.07, 6.45) is 7.94. The van der Waals surface area contributed by atoms with Crippen molar-refractivity contribution in [1.82, 2.24) is 0 Å². The zero-order valence-electron chi connectivity index (χ0n) is 6.00. The van der Waals surface area contributed by atoms with Gasteiger partial charge in [0.05, 0.1) is 0 Å². The normalized spacial score (nSPS) is 16.4. The van der Waals surface area contributed by atoms with E-state index in [9.17, 15) is 0 Å². The predicted molar refractivity (Wildman–Crippen MR) is 47.5 cm³/mol. The summed E-state index contributed by atoms with van der Waals surface area (Å²) in [4.78, 5) is 1.19. The van der Waals surface area contributed by atoms with Gasteiger partial charge in [0, 0.05) is 0 Å². The molecule has 0 aliphatic heterocycles. The predicted octanol–water partition coefficient (Wildman–Crippen LogP) is 2.76. The zero-order valence-corrected chi connectivity index (χ0v) is 6.82. The van der Waals surface area contributed by atoms with E-state index in [0.717, 1.165) is 11.3 Å². The van der Waals surface area contributed by atoms with Crippen LogP contribution in [0.5, 0.6) is 0 Å². The summed E-state index contributed by atoms with van der Waals surface area (Å²) in [6.45, 7) is 7.81. The van der Waals surface area contributed by atoms with E-state index >= 15 is 0 Å². The molecule has 0 aromatic rings. The maximum absolute atomic E-state index is 5.69. The van der Waals surface area contributed by atoms with Gasteiger partial charge in [-0.3, -0.25) is 0 Å². The summed E-state index contributed by atoms with van der Waals surface area (Å²) in [5.41, 5.74) is 0.884. The SMILES string of the molecule is [CH+]=C1C=C[CH-]C=C1SCC. The number of thioether (sulfide) groups is 1. The fraction of sp³-hybridized carbons (Fsp3) is 0.222. The molecule has 0 heterocycles. The molecule has 0 aromatic carbocycles. The zero-order chi connectivity index (χ0) is 7.40. The summed E-state index contributed by atoms with van der Waals surface area (Å²) in [6, 6.07) is 0. The van der Waals surface area contributed by atoms with E-state index in [1.807, 2.05) is 24.6 Å². The van der Waals surface area contributed by atoms with Crippen molar-refractivity contribution in [2.75, 3.05) is 5.75 Å². The van der Waals surface area contributed by atoms with Crippen molar-refractivity contribution in [1.29, 1.82) is 0 Å². The van der Waals surface area contributed by atoms with Gasteiger partial charge in [-0.05, 0) is 11.3 Å². The fourth-order valence-corrected chi connectivity index (χ4v) is 1.49. The minimum absolute atomic E-state index is 0.884. The van der Waals surface area contributed by atoms with Crippen LogP contribution in [0.15, 0.2) is 28.7 Å². The van der Waals surface area contributed by atoms with Crippen LogP contribution in [-0.4, -0.2) is 5.75 Å². The summed E-state index contributed by atoms with van der Waals surface area (Å²) in [5.74, 6) is 1.08. The molecule has 0 radical (unpaired) electrons. The summed E-state index contributed by atoms with van der Waals surface area (Å²) in [7, 11) is 0. The van der Waals surface area contributed by atoms with E-state index < -0.39 is 0 Å². The average Bonchev–Trinajstić information content (AvgIpc) is 1.94. The lowest BCUT2D eigenvalue weighted by molar-refractivity contribution is 1.50. The Kier molecular flexibility index (Phi) is 2.61. The lowest BCUT2D eigenvalue weighted by atomic mass is 10.1. The molecular weight excluding hydrogens is 140 g/mol. The van der Waals surface area contributed by atoms with E-state index in [2.05, 4.69) is 6.92 Å². The topological polar surface area (TPSA) is 0 Å². The number of allylic oxidation sites excluding steroid dienone is 4. The average molecular weight is 150 g/mol. The molecule has 52 valence electrons. The highest BCUT2D eigenvalue weighted by Crippen LogP contribution is 2.26. The fourth-order valence-electron chi connectivity index (χ4n) is 0.767. The molecule has 0 saturated carbocycles. The van der Waals surface area contributed by atoms with Crippen molar-refractivity contribution in [3.63, 3.8) is 0 Å². The van der Waals surface area contributed by atoms with Gasteiger partial charge in [0.15, 0.2) is 0 Å². The van der Waals surface area contributed by atoms with Crippen molar-refractivity contribution < 1.29 is 0 Å². The highest BCUT2D eigenvalue weighted by atomic mass is 32.2. The van der Waals surface area contributed by atoms with Gasteiger partial charge in [0.1, 0.15) is 0 Å². The summed E-state index contributed by atoms with van der Waals surface area (Å²) in [5, 5.41) is 0. The van der Waals surface area contributed by atoms with Crippen LogP contribution in [0.2, 0.25) is 0 Å². The van der Waals surface area contributed by atoms with Gasteiger partial charge in [-0.25, -0.2) is 0 Å². The molecule has 0 bridgehead atoms. The Morgan fingerprint density at radius 2 is 2.50 bits per heavy atom. The second-order valence-corrected chi connectivity index (χ2v) is 3.28. The van der Waals surface area contributed by atoms with E-state index in [1.165, 1.54) is 4.91 Å². The van der Waals surface area contributed by atoms with Gasteiger partial charge in [-0.2, -0.15) is 30.3 Å². The molecule has 0 atom stereocenters. The third kappa shape index (κ3) is 1.66. The van der Waals surface area contributed by atoms with E-state index in [0.29, 0.717) is 0 Å². The molecule has 0 fully saturated rings. The van der Waals surface area contributed by atoms with Crippen LogP contribution in [0.3, 0.4) is 0 Å². The maximum Gasteiger partial charge on any atom is -0.0169 e. The first kappa shape index (κ1) is 7.46. The second-order valence-electron chi connectivity index (χ2n) is 1.97. The quantitative estimate of drug-likeness (QED) is 0.545.